The van der Waals surface area contributed by atoms with Gasteiger partial charge in [-0.2, -0.15) is 13.2 Å². The molecule has 0 bridgehead atoms. The van der Waals surface area contributed by atoms with Crippen molar-refractivity contribution in [2.24, 2.45) is 5.73 Å². The van der Waals surface area contributed by atoms with Gasteiger partial charge in [-0.3, -0.25) is 29.4 Å². The van der Waals surface area contributed by atoms with Crippen molar-refractivity contribution in [2.75, 3.05) is 31.1 Å². The van der Waals surface area contributed by atoms with Gasteiger partial charge < -0.3 is 10.6 Å². The fraction of sp³-hybridized carbons (Fsp3) is 0.308. The Kier molecular flexibility index (Phi) is 8.22. The van der Waals surface area contributed by atoms with Crippen LogP contribution < -0.4 is 16.0 Å². The van der Waals surface area contributed by atoms with Crippen molar-refractivity contribution in [3.63, 3.8) is 0 Å². The lowest BCUT2D eigenvalue weighted by atomic mass is 10.1. The Bertz CT molecular complexity index is 1270. The van der Waals surface area contributed by atoms with E-state index in [4.69, 9.17) is 5.73 Å². The smallest absolute Gasteiger partial charge is 0.371 e. The Labute approximate surface area is 221 Å². The van der Waals surface area contributed by atoms with Gasteiger partial charge in [0, 0.05) is 25.3 Å². The average Bonchev–Trinajstić information content (AvgIpc) is 3.58. The fourth-order valence-corrected chi connectivity index (χ4v) is 5.02. The van der Waals surface area contributed by atoms with Crippen LogP contribution in [0, 0.1) is 0 Å². The summed E-state index contributed by atoms with van der Waals surface area (Å²) in [6, 6.07) is 10.4. The van der Waals surface area contributed by atoms with Gasteiger partial charge in [0.25, 0.3) is 23.0 Å². The van der Waals surface area contributed by atoms with E-state index < -0.39 is 22.9 Å². The van der Waals surface area contributed by atoms with Crippen molar-refractivity contribution < 1.29 is 32.3 Å². The van der Waals surface area contributed by atoms with Crippen LogP contribution in [0.2, 0.25) is 0 Å². The molecular weight excluding hydrogens is 521 g/mol. The minimum Gasteiger partial charge on any atom is -0.371 e. The summed E-state index contributed by atoms with van der Waals surface area (Å²) >= 11 is 0.695. The molecule has 3 N–H and O–H groups in total. The van der Waals surface area contributed by atoms with Crippen LogP contribution in [0.4, 0.5) is 23.7 Å². The van der Waals surface area contributed by atoms with Crippen LogP contribution in [0.3, 0.4) is 0 Å². The van der Waals surface area contributed by atoms with Gasteiger partial charge in [0.2, 0.25) is 0 Å². The number of hydrogen-bond donors (Lipinski definition) is 2. The third-order valence-corrected chi connectivity index (χ3v) is 7.00. The summed E-state index contributed by atoms with van der Waals surface area (Å²) in [5.41, 5.74) is 6.53. The van der Waals surface area contributed by atoms with E-state index in [1.165, 1.54) is 17.0 Å². The van der Waals surface area contributed by atoms with E-state index in [2.05, 4.69) is 5.32 Å². The van der Waals surface area contributed by atoms with Gasteiger partial charge in [-0.05, 0) is 79.5 Å². The highest BCUT2D eigenvalue weighted by Crippen LogP contribution is 2.36. The topological polar surface area (TPSA) is 113 Å². The number of alkyl halides is 3. The van der Waals surface area contributed by atoms with Crippen LogP contribution in [0.25, 0.3) is 6.08 Å². The number of benzene rings is 2. The Morgan fingerprint density at radius 3 is 2.13 bits per heavy atom. The molecule has 0 atom stereocenters. The maximum absolute atomic E-state index is 13.0. The van der Waals surface area contributed by atoms with E-state index in [0.717, 1.165) is 38.1 Å². The first kappa shape index (κ1) is 27.4. The number of thioether (sulfide) groups is 1. The molecule has 3 aliphatic rings. The molecule has 2 aromatic carbocycles. The summed E-state index contributed by atoms with van der Waals surface area (Å²) in [6.45, 7) is 2.41. The van der Waals surface area contributed by atoms with Crippen molar-refractivity contribution in [3.8, 4) is 0 Å². The number of nitrogens with one attached hydrogen (secondary N) is 1. The highest BCUT2D eigenvalue weighted by Gasteiger charge is 2.34. The molecule has 2 aromatic rings. The van der Waals surface area contributed by atoms with E-state index in [9.17, 15) is 32.3 Å². The molecule has 5 rings (SSSR count). The van der Waals surface area contributed by atoms with Crippen LogP contribution in [-0.4, -0.2) is 54.0 Å². The van der Waals surface area contributed by atoms with Crippen LogP contribution in [0.5, 0.6) is 0 Å². The number of halogens is 3. The predicted octanol–water partition coefficient (Wildman–Crippen LogP) is 4.26. The van der Waals surface area contributed by atoms with Crippen molar-refractivity contribution >= 4 is 46.5 Å². The second kappa shape index (κ2) is 11.4. The van der Waals surface area contributed by atoms with Gasteiger partial charge in [-0.15, -0.1) is 0 Å². The van der Waals surface area contributed by atoms with E-state index in [-0.39, 0.29) is 16.7 Å². The highest BCUT2D eigenvalue weighted by molar-refractivity contribution is 8.18. The molecule has 200 valence electrons. The van der Waals surface area contributed by atoms with Crippen LogP contribution in [-0.2, 0) is 11.0 Å². The third kappa shape index (κ3) is 5.91. The molecule has 12 heteroatoms. The zero-order chi connectivity index (χ0) is 27.4. The molecule has 0 spiro atoms. The van der Waals surface area contributed by atoms with Crippen molar-refractivity contribution in [1.29, 1.82) is 0 Å². The average molecular weight is 547 g/mol. The molecule has 0 saturated carbocycles. The van der Waals surface area contributed by atoms with Gasteiger partial charge in [-0.1, -0.05) is 12.1 Å². The largest absolute Gasteiger partial charge is 0.416 e. The molecular formula is C26H25F3N4O4S. The Hall–Kier alpha value is -3.64. The van der Waals surface area contributed by atoms with Gasteiger partial charge in [-0.25, -0.2) is 0 Å². The van der Waals surface area contributed by atoms with E-state index in [1.807, 2.05) is 4.90 Å². The second-order valence-corrected chi connectivity index (χ2v) is 9.78. The first-order valence-electron chi connectivity index (χ1n) is 12.0. The number of carbonyl (C=O) groups is 4. The SMILES string of the molecule is NCCCN1C(=O)c2ccccc2C1=O.O=C1NC(=O)/C(=C/c2cc(C(F)(F)F)ccc2N2CCCC2)S1. The Morgan fingerprint density at radius 1 is 0.974 bits per heavy atom. The first-order chi connectivity index (χ1) is 18.1. The maximum atomic E-state index is 13.0. The molecule has 4 amide bonds. The molecule has 3 heterocycles. The normalized spacial score (nSPS) is 18.2. The summed E-state index contributed by atoms with van der Waals surface area (Å²) in [7, 11) is 0. The zero-order valence-electron chi connectivity index (χ0n) is 20.2. The van der Waals surface area contributed by atoms with Gasteiger partial charge in [0.1, 0.15) is 0 Å². The minimum atomic E-state index is -4.46. The standard InChI is InChI=1S/C15H13F3N2O2S.C11H12N2O2/c16-15(17,18)10-3-4-11(20-5-1-2-6-20)9(7-10)8-12-13(21)19-14(22)23-12;12-6-3-7-13-10(14)8-4-1-2-5-9(8)11(13)15/h3-4,7-8H,1-2,5-6H2,(H,19,21,22);1-2,4-5H,3,6-7,12H2/b12-8-;. The fourth-order valence-electron chi connectivity index (χ4n) is 4.35. The number of nitrogens with zero attached hydrogens (tertiary/aromatic N) is 2. The molecule has 0 radical (unpaired) electrons. The number of fused-ring (bicyclic) bond motifs is 1. The second-order valence-electron chi connectivity index (χ2n) is 8.77. The number of amides is 4. The minimum absolute atomic E-state index is 0.106. The number of hydrogen-bond acceptors (Lipinski definition) is 7. The monoisotopic (exact) mass is 546 g/mol. The third-order valence-electron chi connectivity index (χ3n) is 6.19. The molecule has 0 aliphatic carbocycles. The molecule has 0 unspecified atom stereocenters. The molecule has 2 fully saturated rings. The van der Waals surface area contributed by atoms with Crippen LogP contribution >= 0.6 is 11.8 Å². The number of carbonyl (C=O) groups excluding carboxylic acids is 4. The highest BCUT2D eigenvalue weighted by atomic mass is 32.2. The number of nitrogens with two attached hydrogens (primary N) is 1. The van der Waals surface area contributed by atoms with Crippen molar-refractivity contribution in [3.05, 3.63) is 69.6 Å². The lowest BCUT2D eigenvalue weighted by Gasteiger charge is -2.21. The quantitative estimate of drug-likeness (QED) is 0.426. The first-order valence-corrected chi connectivity index (χ1v) is 12.8. The molecule has 38 heavy (non-hydrogen) atoms. The van der Waals surface area contributed by atoms with Gasteiger partial charge >= 0.3 is 6.18 Å². The summed E-state index contributed by atoms with van der Waals surface area (Å²) in [5.74, 6) is -0.988. The number of rotatable bonds is 5. The van der Waals surface area contributed by atoms with Crippen LogP contribution in [0.1, 0.15) is 51.1 Å². The Balaban J connectivity index is 0.000000194. The molecule has 8 nitrogen and oxygen atoms in total. The number of imide groups is 2. The van der Waals surface area contributed by atoms with E-state index >= 15 is 0 Å². The molecule has 3 aliphatic heterocycles. The lowest BCUT2D eigenvalue weighted by Crippen LogP contribution is -2.31. The summed E-state index contributed by atoms with van der Waals surface area (Å²) in [5, 5.41) is 1.58. The summed E-state index contributed by atoms with van der Waals surface area (Å²) in [4.78, 5) is 49.8. The predicted molar refractivity (Wildman–Crippen MR) is 137 cm³/mol. The summed E-state index contributed by atoms with van der Waals surface area (Å²) < 4.78 is 38.9. The Morgan fingerprint density at radius 2 is 1.61 bits per heavy atom. The van der Waals surface area contributed by atoms with Crippen molar-refractivity contribution in [1.82, 2.24) is 10.2 Å². The maximum Gasteiger partial charge on any atom is 0.416 e. The van der Waals surface area contributed by atoms with Crippen molar-refractivity contribution in [2.45, 2.75) is 25.4 Å². The molecule has 0 aromatic heterocycles. The molecule has 2 saturated heterocycles. The van der Waals surface area contributed by atoms with E-state index in [0.29, 0.717) is 53.6 Å². The van der Waals surface area contributed by atoms with Gasteiger partial charge in [0.15, 0.2) is 0 Å². The van der Waals surface area contributed by atoms with E-state index in [1.54, 1.807) is 24.3 Å². The number of anilines is 1. The van der Waals surface area contributed by atoms with Crippen LogP contribution in [0.15, 0.2) is 47.4 Å². The summed E-state index contributed by atoms with van der Waals surface area (Å²) in [6.07, 6.45) is -0.507. The lowest BCUT2D eigenvalue weighted by molar-refractivity contribution is -0.137. The van der Waals surface area contributed by atoms with Gasteiger partial charge in [0.05, 0.1) is 21.6 Å². The zero-order valence-corrected chi connectivity index (χ0v) is 21.0.